The van der Waals surface area contributed by atoms with Gasteiger partial charge < -0.3 is 30.1 Å². The molecule has 23 heavy (non-hydrogen) atoms. The molecule has 132 valence electrons. The molecule has 1 fully saturated rings. The van der Waals surface area contributed by atoms with E-state index >= 15 is 0 Å². The Bertz CT molecular complexity index is 458. The molecule has 5 atom stereocenters. The van der Waals surface area contributed by atoms with Crippen molar-refractivity contribution in [3.05, 3.63) is 10.4 Å². The molecule has 1 aliphatic rings. The molecule has 0 aromatic carbocycles. The molecule has 0 unspecified atom stereocenters. The number of alkyl halides is 3. The van der Waals surface area contributed by atoms with Crippen LogP contribution in [0.25, 0.3) is 10.4 Å². The third-order valence-corrected chi connectivity index (χ3v) is 2.97. The number of nitrogens with one attached hydrogen (secondary N) is 1. The van der Waals surface area contributed by atoms with E-state index in [1.165, 1.54) is 5.32 Å². The van der Waals surface area contributed by atoms with Crippen LogP contribution in [0.1, 0.15) is 0 Å². The van der Waals surface area contributed by atoms with E-state index in [2.05, 4.69) is 10.0 Å². The molecule has 1 rings (SSSR count). The van der Waals surface area contributed by atoms with Gasteiger partial charge in [-0.2, -0.15) is 13.2 Å². The molecule has 0 radical (unpaired) electrons. The highest BCUT2D eigenvalue weighted by molar-refractivity contribution is 5.82. The monoisotopic (exact) mass is 344 g/mol. The number of aliphatic hydroxyl groups excluding tert-OH is 3. The van der Waals surface area contributed by atoms with Crippen LogP contribution in [0.2, 0.25) is 0 Å². The molecule has 0 aromatic rings. The van der Waals surface area contributed by atoms with Gasteiger partial charge in [0, 0.05) is 11.5 Å². The minimum absolute atomic E-state index is 0.182. The molecular weight excluding hydrogens is 329 g/mol. The minimum Gasteiger partial charge on any atom is -0.394 e. The third kappa shape index (κ3) is 5.20. The van der Waals surface area contributed by atoms with Crippen molar-refractivity contribution in [2.45, 2.75) is 36.8 Å². The Morgan fingerprint density at radius 1 is 1.39 bits per heavy atom. The van der Waals surface area contributed by atoms with Crippen LogP contribution in [-0.2, 0) is 14.3 Å². The van der Waals surface area contributed by atoms with E-state index in [1.54, 1.807) is 0 Å². The molecule has 10 nitrogen and oxygen atoms in total. The van der Waals surface area contributed by atoms with Crippen molar-refractivity contribution >= 4 is 5.91 Å². The average Bonchev–Trinajstić information content (AvgIpc) is 2.49. The highest BCUT2D eigenvalue weighted by Crippen LogP contribution is 2.24. The summed E-state index contributed by atoms with van der Waals surface area (Å²) in [7, 11) is 0. The van der Waals surface area contributed by atoms with E-state index in [0.29, 0.717) is 0 Å². The number of rotatable bonds is 6. The second-order valence-electron chi connectivity index (χ2n) is 4.53. The van der Waals surface area contributed by atoms with E-state index < -0.39 is 49.3 Å². The van der Waals surface area contributed by atoms with Crippen LogP contribution in [0.3, 0.4) is 0 Å². The Morgan fingerprint density at radius 2 is 2.04 bits per heavy atom. The van der Waals surface area contributed by atoms with Gasteiger partial charge in [0.2, 0.25) is 0 Å². The highest BCUT2D eigenvalue weighted by Gasteiger charge is 2.49. The summed E-state index contributed by atoms with van der Waals surface area (Å²) in [5, 5.41) is 33.1. The van der Waals surface area contributed by atoms with Crippen LogP contribution in [-0.4, -0.2) is 77.8 Å². The zero-order valence-corrected chi connectivity index (χ0v) is 11.5. The summed E-state index contributed by atoms with van der Waals surface area (Å²) in [4.78, 5) is 13.4. The Labute approximate surface area is 127 Å². The van der Waals surface area contributed by atoms with Crippen molar-refractivity contribution < 1.29 is 42.8 Å². The number of aliphatic hydroxyl groups is 3. The van der Waals surface area contributed by atoms with Gasteiger partial charge >= 0.3 is 12.1 Å². The number of carbonyl (C=O) groups is 1. The van der Waals surface area contributed by atoms with Gasteiger partial charge in [-0.25, -0.2) is 0 Å². The van der Waals surface area contributed by atoms with Crippen molar-refractivity contribution in [2.24, 2.45) is 5.11 Å². The van der Waals surface area contributed by atoms with E-state index in [-0.39, 0.29) is 13.2 Å². The average molecular weight is 344 g/mol. The zero-order chi connectivity index (χ0) is 17.6. The fourth-order valence-electron chi connectivity index (χ4n) is 1.87. The summed E-state index contributed by atoms with van der Waals surface area (Å²) in [6.07, 6.45) is -11.7. The molecule has 1 saturated heterocycles. The highest BCUT2D eigenvalue weighted by atomic mass is 19.4. The fraction of sp³-hybridized carbons (Fsp3) is 0.900. The molecule has 0 aliphatic carbocycles. The number of ether oxygens (including phenoxy) is 2. The largest absolute Gasteiger partial charge is 0.471 e. The Kier molecular flexibility index (Phi) is 7.00. The summed E-state index contributed by atoms with van der Waals surface area (Å²) < 4.78 is 47.0. The molecule has 4 N–H and O–H groups in total. The van der Waals surface area contributed by atoms with Crippen LogP contribution in [0.5, 0.6) is 0 Å². The Morgan fingerprint density at radius 3 is 2.57 bits per heavy atom. The van der Waals surface area contributed by atoms with Gasteiger partial charge in [-0.15, -0.1) is 0 Å². The zero-order valence-electron chi connectivity index (χ0n) is 11.5. The van der Waals surface area contributed by atoms with Gasteiger partial charge in [-0.3, -0.25) is 4.79 Å². The lowest BCUT2D eigenvalue weighted by atomic mass is 9.97. The molecule has 1 heterocycles. The summed E-state index contributed by atoms with van der Waals surface area (Å²) >= 11 is 0. The molecule has 1 aliphatic heterocycles. The molecule has 0 saturated carbocycles. The van der Waals surface area contributed by atoms with E-state index in [1.807, 2.05) is 0 Å². The van der Waals surface area contributed by atoms with Gasteiger partial charge in [0.15, 0.2) is 6.29 Å². The first-order chi connectivity index (χ1) is 10.7. The second kappa shape index (κ2) is 8.29. The van der Waals surface area contributed by atoms with Crippen LogP contribution >= 0.6 is 0 Å². The molecule has 1 amide bonds. The number of halogens is 3. The molecule has 0 aromatic heterocycles. The maximum Gasteiger partial charge on any atom is 0.471 e. The lowest BCUT2D eigenvalue weighted by Crippen LogP contribution is -2.65. The molecule has 13 heteroatoms. The van der Waals surface area contributed by atoms with Crippen LogP contribution < -0.4 is 5.32 Å². The third-order valence-electron chi connectivity index (χ3n) is 2.97. The summed E-state index contributed by atoms with van der Waals surface area (Å²) in [5.74, 6) is -2.36. The lowest BCUT2D eigenvalue weighted by molar-refractivity contribution is -0.271. The molecule has 0 bridgehead atoms. The number of carbonyl (C=O) groups excluding carboxylic acids is 1. The number of amides is 1. The normalized spacial score (nSPS) is 31.3. The van der Waals surface area contributed by atoms with Crippen molar-refractivity contribution in [3.63, 3.8) is 0 Å². The maximum absolute atomic E-state index is 12.3. The quantitative estimate of drug-likeness (QED) is 0.205. The summed E-state index contributed by atoms with van der Waals surface area (Å²) in [6.45, 7) is -1.21. The predicted octanol–water partition coefficient (Wildman–Crippen LogP) is -1.20. The topological polar surface area (TPSA) is 157 Å². The first-order valence-electron chi connectivity index (χ1n) is 6.35. The van der Waals surface area contributed by atoms with Gasteiger partial charge in [0.25, 0.3) is 0 Å². The molecule has 0 spiro atoms. The number of nitrogens with zero attached hydrogens (tertiary/aromatic N) is 3. The summed E-state index contributed by atoms with van der Waals surface area (Å²) in [5.41, 5.74) is 8.10. The van der Waals surface area contributed by atoms with Gasteiger partial charge in [0.1, 0.15) is 24.4 Å². The van der Waals surface area contributed by atoms with E-state index in [4.69, 9.17) is 20.1 Å². The first kappa shape index (κ1) is 19.4. The van der Waals surface area contributed by atoms with Crippen molar-refractivity contribution in [3.8, 4) is 0 Å². The van der Waals surface area contributed by atoms with Crippen LogP contribution in [0, 0.1) is 0 Å². The van der Waals surface area contributed by atoms with Gasteiger partial charge in [0.05, 0.1) is 13.2 Å². The smallest absolute Gasteiger partial charge is 0.394 e. The van der Waals surface area contributed by atoms with Gasteiger partial charge in [-0.05, 0) is 5.53 Å². The van der Waals surface area contributed by atoms with E-state index in [9.17, 15) is 28.2 Å². The standard InChI is InChI=1S/C10H15F3N4O6/c11-10(12,13)9(21)16-5-7(20)6(19)4(3-18)23-8(5)22-2-1-15-17-14/h4-8,18-20H,1-3H2,(H,16,21)/t4-,5-,6+,7-,8-/m1/s1. The van der Waals surface area contributed by atoms with Crippen molar-refractivity contribution in [1.82, 2.24) is 5.32 Å². The Balaban J connectivity index is 2.84. The van der Waals surface area contributed by atoms with Crippen molar-refractivity contribution in [1.29, 1.82) is 0 Å². The SMILES string of the molecule is [N-]=[N+]=NCCO[C@@H]1O[C@H](CO)[C@H](O)[C@H](O)[C@H]1NC(=O)C(F)(F)F. The second-order valence-corrected chi connectivity index (χ2v) is 4.53. The number of hydrogen-bond acceptors (Lipinski definition) is 7. The number of azide groups is 1. The lowest BCUT2D eigenvalue weighted by Gasteiger charge is -2.42. The summed E-state index contributed by atoms with van der Waals surface area (Å²) in [6, 6.07) is -1.74. The molecular formula is C10H15F3N4O6. The Hall–Kier alpha value is -1.63. The van der Waals surface area contributed by atoms with E-state index in [0.717, 1.165) is 0 Å². The van der Waals surface area contributed by atoms with Gasteiger partial charge in [-0.1, -0.05) is 5.11 Å². The maximum atomic E-state index is 12.3. The number of hydrogen-bond donors (Lipinski definition) is 4. The minimum atomic E-state index is -5.21. The fourth-order valence-corrected chi connectivity index (χ4v) is 1.87. The first-order valence-corrected chi connectivity index (χ1v) is 6.35. The van der Waals surface area contributed by atoms with Crippen molar-refractivity contribution in [2.75, 3.05) is 19.8 Å². The predicted molar refractivity (Wildman–Crippen MR) is 65.7 cm³/mol. The van der Waals surface area contributed by atoms with Crippen LogP contribution in [0.4, 0.5) is 13.2 Å². The van der Waals surface area contributed by atoms with Crippen LogP contribution in [0.15, 0.2) is 5.11 Å².